The van der Waals surface area contributed by atoms with E-state index in [1.807, 2.05) is 0 Å². The highest BCUT2D eigenvalue weighted by molar-refractivity contribution is 9.08. The zero-order valence-corrected chi connectivity index (χ0v) is 10.3. The molecule has 0 atom stereocenters. The Morgan fingerprint density at radius 1 is 1.47 bits per heavy atom. The largest absolute Gasteiger partial charge is 0.490 e. The summed E-state index contributed by atoms with van der Waals surface area (Å²) in [6, 6.07) is 4.32. The number of benzene rings is 1. The van der Waals surface area contributed by atoms with Gasteiger partial charge in [-0.1, -0.05) is 15.9 Å². The highest BCUT2D eigenvalue weighted by atomic mass is 79.9. The lowest BCUT2D eigenvalue weighted by molar-refractivity contribution is 0.0282. The summed E-state index contributed by atoms with van der Waals surface area (Å²) in [7, 11) is 0. The van der Waals surface area contributed by atoms with E-state index >= 15 is 0 Å². The van der Waals surface area contributed by atoms with Crippen molar-refractivity contribution in [3.8, 4) is 5.75 Å². The molecule has 0 radical (unpaired) electrons. The summed E-state index contributed by atoms with van der Waals surface area (Å²) in [5.74, 6) is 0.301. The molecule has 0 saturated carbocycles. The molecule has 0 aromatic heterocycles. The van der Waals surface area contributed by atoms with E-state index in [2.05, 4.69) is 15.9 Å². The standard InChI is InChI=1S/C11H14BrFO2/c1-11(2,14)7-15-10-4-3-9(13)5-8(10)6-12/h3-5,14H,6-7H2,1-2H3. The third-order valence-corrected chi connectivity index (χ3v) is 2.35. The topological polar surface area (TPSA) is 29.5 Å². The van der Waals surface area contributed by atoms with Gasteiger partial charge in [-0.3, -0.25) is 0 Å². The summed E-state index contributed by atoms with van der Waals surface area (Å²) in [6.07, 6.45) is 0. The quantitative estimate of drug-likeness (QED) is 0.857. The number of alkyl halides is 1. The summed E-state index contributed by atoms with van der Waals surface area (Å²) < 4.78 is 18.3. The Morgan fingerprint density at radius 2 is 2.13 bits per heavy atom. The van der Waals surface area contributed by atoms with Gasteiger partial charge < -0.3 is 9.84 Å². The van der Waals surface area contributed by atoms with Crippen LogP contribution >= 0.6 is 15.9 Å². The third-order valence-electron chi connectivity index (χ3n) is 1.75. The first kappa shape index (κ1) is 12.5. The molecule has 0 saturated heterocycles. The van der Waals surface area contributed by atoms with Crippen molar-refractivity contribution in [2.75, 3.05) is 6.61 Å². The van der Waals surface area contributed by atoms with Crippen molar-refractivity contribution in [1.29, 1.82) is 0 Å². The second-order valence-corrected chi connectivity index (χ2v) is 4.55. The normalized spacial score (nSPS) is 11.5. The second kappa shape index (κ2) is 4.94. The highest BCUT2D eigenvalue weighted by Crippen LogP contribution is 2.23. The molecule has 1 N–H and O–H groups in total. The summed E-state index contributed by atoms with van der Waals surface area (Å²) in [6.45, 7) is 3.49. The molecule has 4 heteroatoms. The molecule has 0 bridgehead atoms. The molecule has 0 fully saturated rings. The van der Waals surface area contributed by atoms with Gasteiger partial charge in [0.1, 0.15) is 18.2 Å². The van der Waals surface area contributed by atoms with Gasteiger partial charge in [-0.2, -0.15) is 0 Å². The van der Waals surface area contributed by atoms with Gasteiger partial charge in [0, 0.05) is 10.9 Å². The van der Waals surface area contributed by atoms with Crippen LogP contribution in [0.15, 0.2) is 18.2 Å². The molecule has 0 aliphatic carbocycles. The fourth-order valence-corrected chi connectivity index (χ4v) is 1.49. The van der Waals surface area contributed by atoms with Crippen LogP contribution < -0.4 is 4.74 Å². The Labute approximate surface area is 97.2 Å². The van der Waals surface area contributed by atoms with Crippen LogP contribution in [0.3, 0.4) is 0 Å². The lowest BCUT2D eigenvalue weighted by Gasteiger charge is -2.19. The van der Waals surface area contributed by atoms with E-state index in [-0.39, 0.29) is 12.4 Å². The van der Waals surface area contributed by atoms with Crippen molar-refractivity contribution in [2.45, 2.75) is 24.8 Å². The SMILES string of the molecule is CC(C)(O)COc1ccc(F)cc1CBr. The summed E-state index contributed by atoms with van der Waals surface area (Å²) >= 11 is 3.25. The molecule has 0 aliphatic rings. The van der Waals surface area contributed by atoms with Gasteiger partial charge in [0.15, 0.2) is 0 Å². The van der Waals surface area contributed by atoms with Gasteiger partial charge in [-0.05, 0) is 32.0 Å². The average Bonchev–Trinajstić information content (AvgIpc) is 2.14. The summed E-state index contributed by atoms with van der Waals surface area (Å²) in [4.78, 5) is 0. The van der Waals surface area contributed by atoms with Gasteiger partial charge in [0.25, 0.3) is 0 Å². The van der Waals surface area contributed by atoms with E-state index in [1.54, 1.807) is 19.9 Å². The second-order valence-electron chi connectivity index (χ2n) is 3.99. The van der Waals surface area contributed by atoms with Gasteiger partial charge in [-0.25, -0.2) is 4.39 Å². The van der Waals surface area contributed by atoms with Crippen molar-refractivity contribution in [3.05, 3.63) is 29.6 Å². The first-order valence-electron chi connectivity index (χ1n) is 4.62. The van der Waals surface area contributed by atoms with Gasteiger partial charge in [0.2, 0.25) is 0 Å². The summed E-state index contributed by atoms with van der Waals surface area (Å²) in [5.41, 5.74) is -0.155. The van der Waals surface area contributed by atoms with E-state index in [1.165, 1.54) is 12.1 Å². The van der Waals surface area contributed by atoms with E-state index in [4.69, 9.17) is 4.74 Å². The molecular formula is C11H14BrFO2. The van der Waals surface area contributed by atoms with Gasteiger partial charge >= 0.3 is 0 Å². The fourth-order valence-electron chi connectivity index (χ4n) is 1.05. The van der Waals surface area contributed by atoms with Crippen molar-refractivity contribution in [2.24, 2.45) is 0 Å². The maximum atomic E-state index is 12.9. The molecule has 0 amide bonds. The fraction of sp³-hybridized carbons (Fsp3) is 0.455. The number of hydrogen-bond donors (Lipinski definition) is 1. The van der Waals surface area contributed by atoms with Crippen molar-refractivity contribution in [1.82, 2.24) is 0 Å². The Bertz CT molecular complexity index is 334. The Kier molecular flexibility index (Phi) is 4.11. The molecule has 15 heavy (non-hydrogen) atoms. The third kappa shape index (κ3) is 4.18. The lowest BCUT2D eigenvalue weighted by atomic mass is 10.1. The molecule has 1 aromatic rings. The number of rotatable bonds is 4. The van der Waals surface area contributed by atoms with Crippen LogP contribution in [-0.2, 0) is 5.33 Å². The molecule has 0 unspecified atom stereocenters. The first-order valence-corrected chi connectivity index (χ1v) is 5.74. The average molecular weight is 277 g/mol. The van der Waals surface area contributed by atoms with Crippen LogP contribution in [0.25, 0.3) is 0 Å². The lowest BCUT2D eigenvalue weighted by Crippen LogP contribution is -2.28. The molecule has 0 heterocycles. The van der Waals surface area contributed by atoms with Crippen LogP contribution in [0.2, 0.25) is 0 Å². The minimum atomic E-state index is -0.891. The molecule has 0 aliphatic heterocycles. The van der Waals surface area contributed by atoms with E-state index in [0.29, 0.717) is 11.1 Å². The van der Waals surface area contributed by atoms with Crippen LogP contribution in [-0.4, -0.2) is 17.3 Å². The minimum absolute atomic E-state index is 0.179. The maximum Gasteiger partial charge on any atom is 0.123 e. The Hall–Kier alpha value is -0.610. The van der Waals surface area contributed by atoms with Gasteiger partial charge in [0.05, 0.1) is 5.60 Å². The van der Waals surface area contributed by atoms with Crippen molar-refractivity contribution >= 4 is 15.9 Å². The molecule has 1 aromatic carbocycles. The number of hydrogen-bond acceptors (Lipinski definition) is 2. The molecule has 0 spiro atoms. The molecule has 1 rings (SSSR count). The van der Waals surface area contributed by atoms with E-state index in [9.17, 15) is 9.50 Å². The zero-order chi connectivity index (χ0) is 11.5. The maximum absolute atomic E-state index is 12.9. The molecule has 84 valence electrons. The van der Waals surface area contributed by atoms with Crippen molar-refractivity contribution < 1.29 is 14.2 Å². The van der Waals surface area contributed by atoms with Crippen molar-refractivity contribution in [3.63, 3.8) is 0 Å². The van der Waals surface area contributed by atoms with Crippen LogP contribution in [0.1, 0.15) is 19.4 Å². The smallest absolute Gasteiger partial charge is 0.123 e. The number of ether oxygens (including phenoxy) is 1. The van der Waals surface area contributed by atoms with E-state index < -0.39 is 5.60 Å². The Balaban J connectivity index is 2.76. The number of aliphatic hydroxyl groups is 1. The zero-order valence-electron chi connectivity index (χ0n) is 8.76. The Morgan fingerprint density at radius 3 is 2.67 bits per heavy atom. The highest BCUT2D eigenvalue weighted by Gasteiger charge is 2.14. The monoisotopic (exact) mass is 276 g/mol. The van der Waals surface area contributed by atoms with E-state index in [0.717, 1.165) is 5.56 Å². The van der Waals surface area contributed by atoms with Crippen LogP contribution in [0.4, 0.5) is 4.39 Å². The molecular weight excluding hydrogens is 263 g/mol. The number of halogens is 2. The summed E-state index contributed by atoms with van der Waals surface area (Å²) in [5, 5.41) is 10.0. The van der Waals surface area contributed by atoms with Gasteiger partial charge in [-0.15, -0.1) is 0 Å². The predicted octanol–water partition coefficient (Wildman–Crippen LogP) is 2.87. The van der Waals surface area contributed by atoms with Crippen LogP contribution in [0.5, 0.6) is 5.75 Å². The predicted molar refractivity (Wildman–Crippen MR) is 60.8 cm³/mol. The van der Waals surface area contributed by atoms with Crippen LogP contribution in [0, 0.1) is 5.82 Å². The first-order chi connectivity index (χ1) is 6.92. The molecule has 2 nitrogen and oxygen atoms in total. The minimum Gasteiger partial charge on any atom is -0.490 e.